The number of hydrogen-bond donors (Lipinski definition) is 1. The number of benzene rings is 1. The van der Waals surface area contributed by atoms with Gasteiger partial charge in [-0.1, -0.05) is 31.0 Å². The average Bonchev–Trinajstić information content (AvgIpc) is 3.14. The van der Waals surface area contributed by atoms with Crippen molar-refractivity contribution in [3.05, 3.63) is 71.8 Å². The number of rotatable bonds is 5. The van der Waals surface area contributed by atoms with Gasteiger partial charge in [-0.15, -0.1) is 0 Å². The van der Waals surface area contributed by atoms with Crippen molar-refractivity contribution in [2.45, 2.75) is 31.7 Å². The number of halogens is 1. The van der Waals surface area contributed by atoms with Crippen LogP contribution in [0.4, 0.5) is 4.39 Å². The van der Waals surface area contributed by atoms with Crippen LogP contribution in [-0.2, 0) is 4.79 Å². The number of carbonyl (C=O) groups excluding carboxylic acids is 1. The molecule has 124 valence electrons. The molecule has 1 aromatic heterocycles. The van der Waals surface area contributed by atoms with Gasteiger partial charge in [0.15, 0.2) is 0 Å². The lowest BCUT2D eigenvalue weighted by atomic mass is 9.91. The minimum atomic E-state index is -0.259. The van der Waals surface area contributed by atoms with Crippen LogP contribution in [0.2, 0.25) is 0 Å². The maximum absolute atomic E-state index is 13.2. The molecule has 0 bridgehead atoms. The quantitative estimate of drug-likeness (QED) is 0.834. The van der Waals surface area contributed by atoms with Gasteiger partial charge in [0, 0.05) is 12.3 Å². The molecule has 0 radical (unpaired) electrons. The fourth-order valence-electron chi connectivity index (χ4n) is 3.27. The summed E-state index contributed by atoms with van der Waals surface area (Å²) in [6, 6.07) is 11.9. The van der Waals surface area contributed by atoms with Crippen LogP contribution in [0.5, 0.6) is 0 Å². The summed E-state index contributed by atoms with van der Waals surface area (Å²) in [7, 11) is 0. The molecule has 1 heterocycles. The largest absolute Gasteiger partial charge is 0.345 e. The lowest BCUT2D eigenvalue weighted by Gasteiger charge is -2.24. The highest BCUT2D eigenvalue weighted by atomic mass is 19.1. The second-order valence-corrected chi connectivity index (χ2v) is 6.17. The Morgan fingerprint density at radius 1 is 1.17 bits per heavy atom. The summed E-state index contributed by atoms with van der Waals surface area (Å²) in [6.45, 7) is 0. The molecule has 1 atom stereocenters. The second kappa shape index (κ2) is 7.86. The Labute approximate surface area is 141 Å². The van der Waals surface area contributed by atoms with Gasteiger partial charge in [0.25, 0.3) is 0 Å². The average molecular weight is 324 g/mol. The Balaban J connectivity index is 1.72. The van der Waals surface area contributed by atoms with Gasteiger partial charge < -0.3 is 5.32 Å². The van der Waals surface area contributed by atoms with E-state index in [2.05, 4.69) is 10.3 Å². The van der Waals surface area contributed by atoms with Crippen molar-refractivity contribution >= 4 is 12.0 Å². The Morgan fingerprint density at radius 2 is 1.92 bits per heavy atom. The van der Waals surface area contributed by atoms with Gasteiger partial charge in [0.05, 0.1) is 11.7 Å². The molecular weight excluding hydrogens is 303 g/mol. The molecular formula is C20H21FN2O. The van der Waals surface area contributed by atoms with Crippen molar-refractivity contribution < 1.29 is 9.18 Å². The molecule has 3 rings (SSSR count). The molecule has 1 aliphatic carbocycles. The monoisotopic (exact) mass is 324 g/mol. The van der Waals surface area contributed by atoms with Gasteiger partial charge >= 0.3 is 0 Å². The topological polar surface area (TPSA) is 42.0 Å². The van der Waals surface area contributed by atoms with Crippen LogP contribution in [0.25, 0.3) is 6.08 Å². The molecule has 0 spiro atoms. The number of hydrogen-bond acceptors (Lipinski definition) is 2. The van der Waals surface area contributed by atoms with Crippen molar-refractivity contribution in [1.29, 1.82) is 0 Å². The van der Waals surface area contributed by atoms with Crippen molar-refractivity contribution in [1.82, 2.24) is 10.3 Å². The summed E-state index contributed by atoms with van der Waals surface area (Å²) in [5.74, 6) is -0.00478. The highest BCUT2D eigenvalue weighted by Gasteiger charge is 2.27. The van der Waals surface area contributed by atoms with Crippen molar-refractivity contribution in [3.63, 3.8) is 0 Å². The van der Waals surface area contributed by atoms with E-state index in [9.17, 15) is 9.18 Å². The Bertz CT molecular complexity index is 691. The van der Waals surface area contributed by atoms with Gasteiger partial charge in [-0.2, -0.15) is 0 Å². The standard InChI is InChI=1S/C20H21FN2O/c21-17-10-8-16(9-11-17)20(15-5-1-2-6-15)23-19(24)13-12-18-7-3-4-14-22-18/h3-4,7-15,20H,1-2,5-6H2,(H,23,24)/b13-12+/t20-/m0/s1. The molecule has 1 aliphatic rings. The van der Waals surface area contributed by atoms with Gasteiger partial charge in [-0.25, -0.2) is 4.39 Å². The van der Waals surface area contributed by atoms with E-state index in [4.69, 9.17) is 0 Å². The SMILES string of the molecule is O=C(/C=C/c1ccccn1)N[C@H](c1ccc(F)cc1)C1CCCC1. The Hall–Kier alpha value is -2.49. The van der Waals surface area contributed by atoms with Crippen LogP contribution < -0.4 is 5.32 Å². The van der Waals surface area contributed by atoms with Crippen LogP contribution >= 0.6 is 0 Å². The molecule has 1 aromatic carbocycles. The lowest BCUT2D eigenvalue weighted by Crippen LogP contribution is -2.31. The van der Waals surface area contributed by atoms with Crippen LogP contribution in [-0.4, -0.2) is 10.9 Å². The molecule has 0 aliphatic heterocycles. The highest BCUT2D eigenvalue weighted by Crippen LogP contribution is 2.35. The van der Waals surface area contributed by atoms with Gasteiger partial charge in [0.1, 0.15) is 5.82 Å². The molecule has 3 nitrogen and oxygen atoms in total. The number of nitrogens with one attached hydrogen (secondary N) is 1. The summed E-state index contributed by atoms with van der Waals surface area (Å²) in [5, 5.41) is 3.09. The van der Waals surface area contributed by atoms with Crippen molar-refractivity contribution in [2.24, 2.45) is 5.92 Å². The zero-order chi connectivity index (χ0) is 16.8. The van der Waals surface area contributed by atoms with E-state index in [1.807, 2.05) is 18.2 Å². The predicted octanol–water partition coefficient (Wildman–Crippen LogP) is 4.28. The van der Waals surface area contributed by atoms with E-state index in [-0.39, 0.29) is 17.8 Å². The first-order chi connectivity index (χ1) is 11.7. The summed E-state index contributed by atoms with van der Waals surface area (Å²) < 4.78 is 13.2. The highest BCUT2D eigenvalue weighted by molar-refractivity contribution is 5.91. The third kappa shape index (κ3) is 4.28. The third-order valence-electron chi connectivity index (χ3n) is 4.49. The molecule has 4 heteroatoms. The van der Waals surface area contributed by atoms with E-state index >= 15 is 0 Å². The molecule has 0 unspecified atom stereocenters. The number of amides is 1. The van der Waals surface area contributed by atoms with E-state index in [0.717, 1.165) is 24.1 Å². The molecule has 1 saturated carbocycles. The smallest absolute Gasteiger partial charge is 0.244 e. The second-order valence-electron chi connectivity index (χ2n) is 6.17. The van der Waals surface area contributed by atoms with Gasteiger partial charge in [-0.3, -0.25) is 9.78 Å². The summed E-state index contributed by atoms with van der Waals surface area (Å²) in [5.41, 5.74) is 1.70. The molecule has 0 saturated heterocycles. The van der Waals surface area contributed by atoms with Crippen molar-refractivity contribution in [3.8, 4) is 0 Å². The zero-order valence-corrected chi connectivity index (χ0v) is 13.5. The van der Waals surface area contributed by atoms with E-state index in [1.54, 1.807) is 24.4 Å². The maximum atomic E-state index is 13.2. The summed E-state index contributed by atoms with van der Waals surface area (Å²) >= 11 is 0. The van der Waals surface area contributed by atoms with E-state index < -0.39 is 0 Å². The normalized spacial score (nSPS) is 16.4. The fourth-order valence-corrected chi connectivity index (χ4v) is 3.27. The van der Waals surface area contributed by atoms with Crippen LogP contribution in [0.3, 0.4) is 0 Å². The van der Waals surface area contributed by atoms with Crippen LogP contribution in [0.1, 0.15) is 43.0 Å². The Morgan fingerprint density at radius 3 is 2.58 bits per heavy atom. The van der Waals surface area contributed by atoms with Crippen LogP contribution in [0, 0.1) is 11.7 Å². The summed E-state index contributed by atoms with van der Waals surface area (Å²) in [4.78, 5) is 16.5. The van der Waals surface area contributed by atoms with Gasteiger partial charge in [-0.05, 0) is 54.7 Å². The van der Waals surface area contributed by atoms with E-state index in [1.165, 1.54) is 31.1 Å². The first-order valence-electron chi connectivity index (χ1n) is 8.37. The third-order valence-corrected chi connectivity index (χ3v) is 4.49. The van der Waals surface area contributed by atoms with Crippen molar-refractivity contribution in [2.75, 3.05) is 0 Å². The lowest BCUT2D eigenvalue weighted by molar-refractivity contribution is -0.117. The molecule has 24 heavy (non-hydrogen) atoms. The number of nitrogens with zero attached hydrogens (tertiary/aromatic N) is 1. The maximum Gasteiger partial charge on any atom is 0.244 e. The molecule has 1 N–H and O–H groups in total. The minimum absolute atomic E-state index is 0.0750. The predicted molar refractivity (Wildman–Crippen MR) is 92.5 cm³/mol. The Kier molecular flexibility index (Phi) is 5.36. The number of aromatic nitrogens is 1. The summed E-state index contributed by atoms with van der Waals surface area (Å²) in [6.07, 6.45) is 9.44. The first-order valence-corrected chi connectivity index (χ1v) is 8.37. The van der Waals surface area contributed by atoms with Gasteiger partial charge in [0.2, 0.25) is 5.91 Å². The molecule has 1 amide bonds. The number of carbonyl (C=O) groups is 1. The first kappa shape index (κ1) is 16.4. The minimum Gasteiger partial charge on any atom is -0.345 e. The van der Waals surface area contributed by atoms with Crippen LogP contribution in [0.15, 0.2) is 54.7 Å². The fraction of sp³-hybridized carbons (Fsp3) is 0.300. The zero-order valence-electron chi connectivity index (χ0n) is 13.5. The molecule has 2 aromatic rings. The van der Waals surface area contributed by atoms with E-state index in [0.29, 0.717) is 5.92 Å². The number of pyridine rings is 1. The molecule has 1 fully saturated rings.